The Morgan fingerprint density at radius 1 is 1.26 bits per heavy atom. The van der Waals surface area contributed by atoms with Crippen LogP contribution in [-0.2, 0) is 9.53 Å². The van der Waals surface area contributed by atoms with Crippen molar-refractivity contribution in [2.75, 3.05) is 6.54 Å². The van der Waals surface area contributed by atoms with Gasteiger partial charge in [-0.25, -0.2) is 9.78 Å². The molecule has 0 aliphatic heterocycles. The molecule has 6 heteroatoms. The number of pyridine rings is 1. The van der Waals surface area contributed by atoms with Gasteiger partial charge in [0.25, 0.3) is 5.91 Å². The van der Waals surface area contributed by atoms with Gasteiger partial charge >= 0.3 is 5.97 Å². The normalized spacial score (nSPS) is 12.2. The smallest absolute Gasteiger partial charge is 0.339 e. The van der Waals surface area contributed by atoms with Gasteiger partial charge in [-0.3, -0.25) is 4.79 Å². The average Bonchev–Trinajstić information content (AvgIpc) is 2.51. The van der Waals surface area contributed by atoms with Gasteiger partial charge in [0.15, 0.2) is 6.10 Å². The minimum atomic E-state index is -0.882. The Kier molecular flexibility index (Phi) is 5.55. The summed E-state index contributed by atoms with van der Waals surface area (Å²) < 4.78 is 5.26. The summed E-state index contributed by atoms with van der Waals surface area (Å²) >= 11 is 5.95. The Bertz CT molecular complexity index is 731. The van der Waals surface area contributed by atoms with Crippen LogP contribution in [0.25, 0.3) is 10.9 Å². The topological polar surface area (TPSA) is 68.3 Å². The Hall–Kier alpha value is -2.14. The number of nitrogens with zero attached hydrogens (tertiary/aromatic N) is 1. The highest BCUT2D eigenvalue weighted by Gasteiger charge is 2.21. The van der Waals surface area contributed by atoms with Gasteiger partial charge in [0.2, 0.25) is 0 Å². The number of amides is 1. The van der Waals surface area contributed by atoms with E-state index < -0.39 is 12.1 Å². The number of aromatic nitrogens is 1. The molecule has 0 saturated heterocycles. The van der Waals surface area contributed by atoms with Gasteiger partial charge in [-0.1, -0.05) is 43.6 Å². The Labute approximate surface area is 140 Å². The highest BCUT2D eigenvalue weighted by atomic mass is 35.5. The summed E-state index contributed by atoms with van der Waals surface area (Å²) in [7, 11) is 0. The average molecular weight is 335 g/mol. The largest absolute Gasteiger partial charge is 0.449 e. The zero-order chi connectivity index (χ0) is 17.0. The SMILES string of the molecule is CC(C)CNC(=O)[C@H](C)OC(=O)c1cc(Cl)nc2ccccc12. The molecule has 0 saturated carbocycles. The number of carbonyl (C=O) groups is 2. The predicted molar refractivity (Wildman–Crippen MR) is 89.5 cm³/mol. The number of hydrogen-bond donors (Lipinski definition) is 1. The summed E-state index contributed by atoms with van der Waals surface area (Å²) in [5, 5.41) is 3.57. The van der Waals surface area contributed by atoms with E-state index in [9.17, 15) is 9.59 Å². The maximum atomic E-state index is 12.4. The molecule has 1 heterocycles. The lowest BCUT2D eigenvalue weighted by atomic mass is 10.1. The Morgan fingerprint density at radius 2 is 1.96 bits per heavy atom. The molecule has 1 aromatic heterocycles. The number of carbonyl (C=O) groups excluding carboxylic acids is 2. The zero-order valence-electron chi connectivity index (χ0n) is 13.3. The molecule has 0 fully saturated rings. The van der Waals surface area contributed by atoms with E-state index in [0.717, 1.165) is 0 Å². The van der Waals surface area contributed by atoms with E-state index in [-0.39, 0.29) is 11.1 Å². The van der Waals surface area contributed by atoms with Crippen molar-refractivity contribution < 1.29 is 14.3 Å². The summed E-state index contributed by atoms with van der Waals surface area (Å²) in [6, 6.07) is 8.58. The minimum Gasteiger partial charge on any atom is -0.449 e. The number of benzene rings is 1. The van der Waals surface area contributed by atoms with Crippen molar-refractivity contribution in [1.82, 2.24) is 10.3 Å². The first kappa shape index (κ1) is 17.2. The quantitative estimate of drug-likeness (QED) is 0.673. The van der Waals surface area contributed by atoms with Gasteiger partial charge in [0.05, 0.1) is 11.1 Å². The molecule has 0 spiro atoms. The number of fused-ring (bicyclic) bond motifs is 1. The van der Waals surface area contributed by atoms with E-state index in [1.54, 1.807) is 25.1 Å². The van der Waals surface area contributed by atoms with Gasteiger partial charge in [-0.15, -0.1) is 0 Å². The van der Waals surface area contributed by atoms with Crippen LogP contribution in [0.5, 0.6) is 0 Å². The van der Waals surface area contributed by atoms with E-state index in [0.29, 0.717) is 28.9 Å². The Morgan fingerprint density at radius 3 is 2.65 bits per heavy atom. The molecular weight excluding hydrogens is 316 g/mol. The molecule has 0 aliphatic rings. The van der Waals surface area contributed by atoms with Crippen LogP contribution >= 0.6 is 11.6 Å². The monoisotopic (exact) mass is 334 g/mol. The van der Waals surface area contributed by atoms with Crippen LogP contribution in [0.4, 0.5) is 0 Å². The molecule has 5 nitrogen and oxygen atoms in total. The maximum absolute atomic E-state index is 12.4. The number of ether oxygens (including phenoxy) is 1. The highest BCUT2D eigenvalue weighted by Crippen LogP contribution is 2.22. The summed E-state index contributed by atoms with van der Waals surface area (Å²) in [4.78, 5) is 28.5. The van der Waals surface area contributed by atoms with Crippen molar-refractivity contribution in [3.8, 4) is 0 Å². The van der Waals surface area contributed by atoms with Crippen molar-refractivity contribution in [1.29, 1.82) is 0 Å². The molecule has 0 aliphatic carbocycles. The standard InChI is InChI=1S/C17H19ClN2O3/c1-10(2)9-19-16(21)11(3)23-17(22)13-8-15(18)20-14-7-5-4-6-12(13)14/h4-8,10-11H,9H2,1-3H3,(H,19,21)/t11-/m0/s1. The molecule has 1 N–H and O–H groups in total. The lowest BCUT2D eigenvalue weighted by molar-refractivity contribution is -0.129. The highest BCUT2D eigenvalue weighted by molar-refractivity contribution is 6.30. The number of halogens is 1. The number of para-hydroxylation sites is 1. The molecule has 122 valence electrons. The van der Waals surface area contributed by atoms with Crippen molar-refractivity contribution in [2.45, 2.75) is 26.9 Å². The van der Waals surface area contributed by atoms with Crippen molar-refractivity contribution in [3.63, 3.8) is 0 Å². The van der Waals surface area contributed by atoms with Gasteiger partial charge in [0.1, 0.15) is 5.15 Å². The lowest BCUT2D eigenvalue weighted by Gasteiger charge is -2.15. The van der Waals surface area contributed by atoms with Gasteiger partial charge in [0, 0.05) is 11.9 Å². The van der Waals surface area contributed by atoms with E-state index in [1.165, 1.54) is 6.07 Å². The molecular formula is C17H19ClN2O3. The summed E-state index contributed by atoms with van der Waals surface area (Å²) in [5.74, 6) is -0.598. The fourth-order valence-electron chi connectivity index (χ4n) is 2.04. The molecule has 0 unspecified atom stereocenters. The minimum absolute atomic E-state index is 0.201. The first-order valence-electron chi connectivity index (χ1n) is 7.42. The first-order valence-corrected chi connectivity index (χ1v) is 7.80. The molecule has 2 aromatic rings. The number of esters is 1. The van der Waals surface area contributed by atoms with E-state index >= 15 is 0 Å². The molecule has 0 bridgehead atoms. The second-order valence-corrected chi connectivity index (χ2v) is 6.08. The van der Waals surface area contributed by atoms with Crippen LogP contribution in [-0.4, -0.2) is 29.5 Å². The third-order valence-electron chi connectivity index (χ3n) is 3.24. The molecule has 23 heavy (non-hydrogen) atoms. The molecule has 0 radical (unpaired) electrons. The summed E-state index contributed by atoms with van der Waals surface area (Å²) in [6.07, 6.45) is -0.882. The maximum Gasteiger partial charge on any atom is 0.339 e. The van der Waals surface area contributed by atoms with Crippen LogP contribution in [0.2, 0.25) is 5.15 Å². The molecule has 1 atom stereocenters. The lowest BCUT2D eigenvalue weighted by Crippen LogP contribution is -2.37. The number of nitrogens with one attached hydrogen (secondary N) is 1. The van der Waals surface area contributed by atoms with Crippen LogP contribution < -0.4 is 5.32 Å². The van der Waals surface area contributed by atoms with E-state index in [4.69, 9.17) is 16.3 Å². The van der Waals surface area contributed by atoms with Crippen molar-refractivity contribution in [2.24, 2.45) is 5.92 Å². The van der Waals surface area contributed by atoms with Gasteiger partial charge < -0.3 is 10.1 Å². The first-order chi connectivity index (χ1) is 10.9. The molecule has 1 aromatic carbocycles. The fraction of sp³-hybridized carbons (Fsp3) is 0.353. The van der Waals surface area contributed by atoms with E-state index in [2.05, 4.69) is 10.3 Å². The van der Waals surface area contributed by atoms with Crippen LogP contribution in [0.15, 0.2) is 30.3 Å². The summed E-state index contributed by atoms with van der Waals surface area (Å²) in [6.45, 7) is 6.05. The van der Waals surface area contributed by atoms with Crippen LogP contribution in [0, 0.1) is 5.92 Å². The third-order valence-corrected chi connectivity index (χ3v) is 3.44. The second kappa shape index (κ2) is 7.42. The van der Waals surface area contributed by atoms with Crippen LogP contribution in [0.3, 0.4) is 0 Å². The second-order valence-electron chi connectivity index (χ2n) is 5.70. The summed E-state index contributed by atoms with van der Waals surface area (Å²) in [5.41, 5.74) is 0.896. The Balaban J connectivity index is 2.16. The number of hydrogen-bond acceptors (Lipinski definition) is 4. The van der Waals surface area contributed by atoms with Gasteiger partial charge in [-0.2, -0.15) is 0 Å². The van der Waals surface area contributed by atoms with Crippen molar-refractivity contribution in [3.05, 3.63) is 41.0 Å². The zero-order valence-corrected chi connectivity index (χ0v) is 14.1. The predicted octanol–water partition coefficient (Wildman–Crippen LogP) is 3.21. The van der Waals surface area contributed by atoms with Crippen LogP contribution in [0.1, 0.15) is 31.1 Å². The third kappa shape index (κ3) is 4.42. The van der Waals surface area contributed by atoms with E-state index in [1.807, 2.05) is 19.9 Å². The van der Waals surface area contributed by atoms with Gasteiger partial charge in [-0.05, 0) is 25.0 Å². The number of rotatable bonds is 5. The molecule has 1 amide bonds. The van der Waals surface area contributed by atoms with Crippen molar-refractivity contribution >= 4 is 34.4 Å². The fourth-order valence-corrected chi connectivity index (χ4v) is 2.24. The molecule has 2 rings (SSSR count).